The summed E-state index contributed by atoms with van der Waals surface area (Å²) in [7, 11) is 0. The van der Waals surface area contributed by atoms with Gasteiger partial charge in [0.15, 0.2) is 0 Å². The molecule has 5 nitrogen and oxygen atoms in total. The first-order chi connectivity index (χ1) is 8.38. The number of hydrogen-bond donors (Lipinski definition) is 3. The summed E-state index contributed by atoms with van der Waals surface area (Å²) < 4.78 is 5.12. The van der Waals surface area contributed by atoms with Crippen molar-refractivity contribution in [2.75, 3.05) is 19.6 Å². The van der Waals surface area contributed by atoms with Crippen LogP contribution in [0.15, 0.2) is 0 Å². The highest BCUT2D eigenvalue weighted by Gasteiger charge is 2.24. The minimum atomic E-state index is -0.453. The third kappa shape index (κ3) is 6.21. The lowest BCUT2D eigenvalue weighted by Gasteiger charge is -2.20. The molecule has 1 amide bonds. The zero-order valence-electron chi connectivity index (χ0n) is 11.7. The Kier molecular flexibility index (Phi) is 5.88. The molecule has 1 saturated carbocycles. The summed E-state index contributed by atoms with van der Waals surface area (Å²) in [6.07, 6.45) is 2.58. The van der Waals surface area contributed by atoms with Crippen molar-refractivity contribution in [1.29, 1.82) is 0 Å². The van der Waals surface area contributed by atoms with Gasteiger partial charge in [-0.3, -0.25) is 0 Å². The quantitative estimate of drug-likeness (QED) is 0.649. The lowest BCUT2D eigenvalue weighted by Crippen LogP contribution is -2.38. The van der Waals surface area contributed by atoms with Crippen molar-refractivity contribution in [2.24, 2.45) is 5.92 Å². The van der Waals surface area contributed by atoms with E-state index in [2.05, 4.69) is 10.6 Å². The molecule has 1 rings (SSSR count). The Hall–Kier alpha value is -0.810. The predicted molar refractivity (Wildman–Crippen MR) is 70.5 cm³/mol. The number of hydrogen-bond acceptors (Lipinski definition) is 4. The van der Waals surface area contributed by atoms with Gasteiger partial charge in [-0.2, -0.15) is 0 Å². The Morgan fingerprint density at radius 1 is 1.33 bits per heavy atom. The maximum absolute atomic E-state index is 11.3. The number of rotatable bonds is 5. The van der Waals surface area contributed by atoms with Gasteiger partial charge >= 0.3 is 6.09 Å². The lowest BCUT2D eigenvalue weighted by molar-refractivity contribution is 0.0527. The van der Waals surface area contributed by atoms with Crippen molar-refractivity contribution < 1.29 is 14.6 Å². The topological polar surface area (TPSA) is 70.6 Å². The SMILES string of the molecule is CC(C)(C)OC(=O)NCCNCC1CCCC1O. The van der Waals surface area contributed by atoms with Gasteiger partial charge in [0.25, 0.3) is 0 Å². The molecule has 18 heavy (non-hydrogen) atoms. The van der Waals surface area contributed by atoms with Gasteiger partial charge in [-0.1, -0.05) is 6.42 Å². The Labute approximate surface area is 109 Å². The Morgan fingerprint density at radius 3 is 2.61 bits per heavy atom. The molecule has 2 unspecified atom stereocenters. The van der Waals surface area contributed by atoms with E-state index >= 15 is 0 Å². The van der Waals surface area contributed by atoms with Crippen LogP contribution < -0.4 is 10.6 Å². The Morgan fingerprint density at radius 2 is 2.06 bits per heavy atom. The number of carbonyl (C=O) groups excluding carboxylic acids is 1. The number of aliphatic hydroxyl groups excluding tert-OH is 1. The third-order valence-corrected chi connectivity index (χ3v) is 3.00. The molecule has 0 spiro atoms. The first kappa shape index (κ1) is 15.2. The zero-order valence-corrected chi connectivity index (χ0v) is 11.7. The van der Waals surface area contributed by atoms with Crippen LogP contribution in [0.1, 0.15) is 40.0 Å². The van der Waals surface area contributed by atoms with Gasteiger partial charge in [0.05, 0.1) is 6.10 Å². The van der Waals surface area contributed by atoms with Gasteiger partial charge in [0.1, 0.15) is 5.60 Å². The van der Waals surface area contributed by atoms with Gasteiger partial charge in [0.2, 0.25) is 0 Å². The summed E-state index contributed by atoms with van der Waals surface area (Å²) in [6.45, 7) is 7.57. The van der Waals surface area contributed by atoms with Crippen molar-refractivity contribution in [1.82, 2.24) is 10.6 Å². The lowest BCUT2D eigenvalue weighted by atomic mass is 10.1. The highest BCUT2D eigenvalue weighted by molar-refractivity contribution is 5.67. The summed E-state index contributed by atoms with van der Waals surface area (Å²) in [5.41, 5.74) is -0.453. The van der Waals surface area contributed by atoms with E-state index < -0.39 is 5.60 Å². The van der Waals surface area contributed by atoms with Crippen LogP contribution in [-0.2, 0) is 4.74 Å². The summed E-state index contributed by atoms with van der Waals surface area (Å²) in [4.78, 5) is 11.3. The van der Waals surface area contributed by atoms with Crippen LogP contribution >= 0.6 is 0 Å². The fourth-order valence-corrected chi connectivity index (χ4v) is 2.11. The fraction of sp³-hybridized carbons (Fsp3) is 0.923. The van der Waals surface area contributed by atoms with Crippen LogP contribution in [0.5, 0.6) is 0 Å². The summed E-state index contributed by atoms with van der Waals surface area (Å²) >= 11 is 0. The number of amides is 1. The number of ether oxygens (including phenoxy) is 1. The minimum absolute atomic E-state index is 0.156. The maximum atomic E-state index is 11.3. The molecule has 1 aliphatic carbocycles. The van der Waals surface area contributed by atoms with Crippen molar-refractivity contribution in [3.8, 4) is 0 Å². The standard InChI is InChI=1S/C13H26N2O3/c1-13(2,3)18-12(17)15-8-7-14-9-10-5-4-6-11(10)16/h10-11,14,16H,4-9H2,1-3H3,(H,15,17). The molecule has 1 aliphatic rings. The van der Waals surface area contributed by atoms with Gasteiger partial charge in [-0.25, -0.2) is 4.79 Å². The van der Waals surface area contributed by atoms with Gasteiger partial charge in [-0.15, -0.1) is 0 Å². The van der Waals surface area contributed by atoms with E-state index in [0.29, 0.717) is 19.0 Å². The average Bonchev–Trinajstić information content (AvgIpc) is 2.61. The van der Waals surface area contributed by atoms with E-state index in [1.54, 1.807) is 0 Å². The molecule has 0 radical (unpaired) electrons. The fourth-order valence-electron chi connectivity index (χ4n) is 2.11. The monoisotopic (exact) mass is 258 g/mol. The largest absolute Gasteiger partial charge is 0.444 e. The first-order valence-electron chi connectivity index (χ1n) is 6.74. The zero-order chi connectivity index (χ0) is 13.6. The number of nitrogens with one attached hydrogen (secondary N) is 2. The normalized spacial score (nSPS) is 24.0. The van der Waals surface area contributed by atoms with Crippen LogP contribution in [0, 0.1) is 5.92 Å². The van der Waals surface area contributed by atoms with Crippen LogP contribution in [0.3, 0.4) is 0 Å². The maximum Gasteiger partial charge on any atom is 0.407 e. The number of alkyl carbamates (subject to hydrolysis) is 1. The number of aliphatic hydroxyl groups is 1. The second kappa shape index (κ2) is 6.95. The molecule has 0 aromatic heterocycles. The summed E-state index contributed by atoms with van der Waals surface area (Å²) in [6, 6.07) is 0. The second-order valence-corrected chi connectivity index (χ2v) is 5.89. The van der Waals surface area contributed by atoms with Crippen molar-refractivity contribution in [2.45, 2.75) is 51.7 Å². The molecule has 3 N–H and O–H groups in total. The van der Waals surface area contributed by atoms with Crippen molar-refractivity contribution in [3.63, 3.8) is 0 Å². The van der Waals surface area contributed by atoms with E-state index in [-0.39, 0.29) is 12.2 Å². The van der Waals surface area contributed by atoms with Crippen LogP contribution in [0.25, 0.3) is 0 Å². The highest BCUT2D eigenvalue weighted by Crippen LogP contribution is 2.24. The molecule has 0 aliphatic heterocycles. The molecule has 2 atom stereocenters. The Bertz CT molecular complexity index is 263. The summed E-state index contributed by atoms with van der Waals surface area (Å²) in [5, 5.41) is 15.6. The van der Waals surface area contributed by atoms with Gasteiger partial charge in [-0.05, 0) is 39.5 Å². The van der Waals surface area contributed by atoms with Gasteiger partial charge in [0, 0.05) is 19.6 Å². The third-order valence-electron chi connectivity index (χ3n) is 3.00. The molecule has 5 heteroatoms. The second-order valence-electron chi connectivity index (χ2n) is 5.89. The average molecular weight is 258 g/mol. The van der Waals surface area contributed by atoms with E-state index in [1.807, 2.05) is 20.8 Å². The molecular weight excluding hydrogens is 232 g/mol. The minimum Gasteiger partial charge on any atom is -0.444 e. The van der Waals surface area contributed by atoms with Crippen LogP contribution in [0.4, 0.5) is 4.79 Å². The van der Waals surface area contributed by atoms with E-state index in [1.165, 1.54) is 0 Å². The highest BCUT2D eigenvalue weighted by atomic mass is 16.6. The predicted octanol–water partition coefficient (Wildman–Crippen LogP) is 1.26. The van der Waals surface area contributed by atoms with Gasteiger partial charge < -0.3 is 20.5 Å². The van der Waals surface area contributed by atoms with E-state index in [0.717, 1.165) is 25.8 Å². The molecule has 0 aromatic carbocycles. The Balaban J connectivity index is 2.00. The van der Waals surface area contributed by atoms with Crippen molar-refractivity contribution in [3.05, 3.63) is 0 Å². The van der Waals surface area contributed by atoms with Crippen molar-refractivity contribution >= 4 is 6.09 Å². The number of carbonyl (C=O) groups is 1. The summed E-state index contributed by atoms with van der Waals surface area (Å²) in [5.74, 6) is 0.367. The molecule has 0 saturated heterocycles. The van der Waals surface area contributed by atoms with E-state index in [4.69, 9.17) is 4.74 Å². The molecule has 0 aromatic rings. The molecule has 0 bridgehead atoms. The molecule has 106 valence electrons. The smallest absolute Gasteiger partial charge is 0.407 e. The van der Waals surface area contributed by atoms with Crippen LogP contribution in [0.2, 0.25) is 0 Å². The first-order valence-corrected chi connectivity index (χ1v) is 6.74. The molecular formula is C13H26N2O3. The van der Waals surface area contributed by atoms with E-state index in [9.17, 15) is 9.90 Å². The molecule has 0 heterocycles. The molecule has 1 fully saturated rings. The van der Waals surface area contributed by atoms with Crippen LogP contribution in [-0.4, -0.2) is 42.5 Å².